The molecule has 1 unspecified atom stereocenters. The van der Waals surface area contributed by atoms with Gasteiger partial charge in [-0.15, -0.1) is 0 Å². The third kappa shape index (κ3) is 0.897. The summed E-state index contributed by atoms with van der Waals surface area (Å²) in [5.74, 6) is 0.860. The van der Waals surface area contributed by atoms with Gasteiger partial charge in [-0.3, -0.25) is 0 Å². The minimum atomic E-state index is 0.860. The molecule has 0 aromatic heterocycles. The van der Waals surface area contributed by atoms with Crippen LogP contribution in [0.5, 0.6) is 0 Å². The van der Waals surface area contributed by atoms with E-state index >= 15 is 0 Å². The highest BCUT2D eigenvalue weighted by Crippen LogP contribution is 2.28. The van der Waals surface area contributed by atoms with E-state index in [0.717, 1.165) is 5.92 Å². The normalized spacial score (nSPS) is 33.8. The summed E-state index contributed by atoms with van der Waals surface area (Å²) in [6.45, 7) is 3.36. The molecule has 0 saturated carbocycles. The van der Waals surface area contributed by atoms with Gasteiger partial charge in [0.1, 0.15) is 0 Å². The number of rotatable bonds is 0. The van der Waals surface area contributed by atoms with Crippen LogP contribution in [0.1, 0.15) is 19.3 Å². The van der Waals surface area contributed by atoms with E-state index in [4.69, 9.17) is 0 Å². The molecule has 9 heavy (non-hydrogen) atoms. The Morgan fingerprint density at radius 1 is 1.56 bits per heavy atom. The summed E-state index contributed by atoms with van der Waals surface area (Å²) < 4.78 is 0. The zero-order valence-corrected chi connectivity index (χ0v) is 5.56. The van der Waals surface area contributed by atoms with Gasteiger partial charge >= 0.3 is 0 Å². The highest BCUT2D eigenvalue weighted by Gasteiger charge is 2.21. The first-order valence-corrected chi connectivity index (χ1v) is 3.73. The first kappa shape index (κ1) is 5.48. The third-order valence-corrected chi connectivity index (χ3v) is 2.24. The Hall–Kier alpha value is -0.300. The van der Waals surface area contributed by atoms with Gasteiger partial charge < -0.3 is 5.32 Å². The summed E-state index contributed by atoms with van der Waals surface area (Å²) in [5, 5.41) is 3.27. The minimum absolute atomic E-state index is 0.860. The van der Waals surface area contributed by atoms with Crippen LogP contribution in [0.25, 0.3) is 0 Å². The van der Waals surface area contributed by atoms with E-state index in [1.807, 2.05) is 0 Å². The largest absolute Gasteiger partial charge is 0.308 e. The Morgan fingerprint density at radius 3 is 3.44 bits per heavy atom. The summed E-state index contributed by atoms with van der Waals surface area (Å²) in [5.41, 5.74) is 1.56. The average molecular weight is 122 g/mol. The van der Waals surface area contributed by atoms with E-state index in [1.54, 1.807) is 5.57 Å². The van der Waals surface area contributed by atoms with Crippen molar-refractivity contribution in [1.82, 2.24) is 5.32 Å². The first-order valence-electron chi connectivity index (χ1n) is 3.73. The molecule has 1 aliphatic heterocycles. The van der Waals surface area contributed by atoms with Crippen LogP contribution in [0.15, 0.2) is 11.6 Å². The van der Waals surface area contributed by atoms with Crippen LogP contribution in [-0.2, 0) is 0 Å². The predicted octanol–water partition coefficient (Wildman–Crippen LogP) is 1.48. The van der Waals surface area contributed by atoms with Crippen LogP contribution in [0.2, 0.25) is 0 Å². The van der Waals surface area contributed by atoms with Gasteiger partial charge in [-0.2, -0.15) is 0 Å². The number of allylic oxidation sites excluding steroid dienone is 1. The lowest BCUT2D eigenvalue weighted by Gasteiger charge is -2.14. The third-order valence-electron chi connectivity index (χ3n) is 2.24. The molecule has 1 atom stereocenters. The second-order valence-electron chi connectivity index (χ2n) is 2.88. The van der Waals surface area contributed by atoms with Crippen molar-refractivity contribution in [3.63, 3.8) is 0 Å². The van der Waals surface area contributed by atoms with E-state index in [9.17, 15) is 0 Å². The molecule has 2 aliphatic rings. The fraction of sp³-hybridized carbons (Fsp3) is 0.625. The standard InChI is InChI=1S/C8H12N/c1-2-4-8-6-9-5-7(8)3-1/h3,5,8-9H,1-2,4,6H2. The Balaban J connectivity index is 2.16. The van der Waals surface area contributed by atoms with E-state index in [1.165, 1.54) is 25.8 Å². The molecule has 1 aliphatic carbocycles. The molecule has 1 N–H and O–H groups in total. The zero-order chi connectivity index (χ0) is 6.10. The summed E-state index contributed by atoms with van der Waals surface area (Å²) >= 11 is 0. The zero-order valence-electron chi connectivity index (χ0n) is 5.56. The molecule has 2 rings (SSSR count). The molecule has 49 valence electrons. The van der Waals surface area contributed by atoms with Gasteiger partial charge in [0.2, 0.25) is 0 Å². The van der Waals surface area contributed by atoms with Gasteiger partial charge in [-0.1, -0.05) is 11.6 Å². The van der Waals surface area contributed by atoms with Crippen LogP contribution in [0.4, 0.5) is 0 Å². The molecular weight excluding hydrogens is 110 g/mol. The molecule has 1 fully saturated rings. The summed E-state index contributed by atoms with van der Waals surface area (Å²) in [6, 6.07) is 0. The van der Waals surface area contributed by atoms with Crippen molar-refractivity contribution in [3.8, 4) is 0 Å². The Kier molecular flexibility index (Phi) is 1.31. The van der Waals surface area contributed by atoms with Crippen molar-refractivity contribution in [3.05, 3.63) is 18.2 Å². The maximum absolute atomic E-state index is 3.27. The Morgan fingerprint density at radius 2 is 2.56 bits per heavy atom. The van der Waals surface area contributed by atoms with Crippen molar-refractivity contribution >= 4 is 0 Å². The highest BCUT2D eigenvalue weighted by molar-refractivity contribution is 5.22. The predicted molar refractivity (Wildman–Crippen MR) is 37.7 cm³/mol. The van der Waals surface area contributed by atoms with E-state index in [2.05, 4.69) is 17.9 Å². The van der Waals surface area contributed by atoms with Gasteiger partial charge in [-0.05, 0) is 25.2 Å². The molecule has 1 nitrogen and oxygen atoms in total. The quantitative estimate of drug-likeness (QED) is 0.513. The van der Waals surface area contributed by atoms with Crippen LogP contribution < -0.4 is 5.32 Å². The second kappa shape index (κ2) is 2.14. The van der Waals surface area contributed by atoms with Crippen LogP contribution in [0.3, 0.4) is 0 Å². The minimum Gasteiger partial charge on any atom is -0.308 e. The molecule has 1 radical (unpaired) electrons. The molecule has 0 aromatic carbocycles. The average Bonchev–Trinajstić information content (AvgIpc) is 2.33. The Bertz CT molecular complexity index is 138. The smallest absolute Gasteiger partial charge is 0.0477 e. The van der Waals surface area contributed by atoms with E-state index in [-0.39, 0.29) is 0 Å². The highest BCUT2D eigenvalue weighted by atomic mass is 14.9. The summed E-state index contributed by atoms with van der Waals surface area (Å²) in [7, 11) is 0. The maximum Gasteiger partial charge on any atom is 0.0477 e. The van der Waals surface area contributed by atoms with Gasteiger partial charge in [0.25, 0.3) is 0 Å². The molecule has 0 aromatic rings. The SMILES string of the molecule is [CH]1NCC2CCCC=C12. The Labute approximate surface area is 56.1 Å². The van der Waals surface area contributed by atoms with Crippen molar-refractivity contribution < 1.29 is 0 Å². The lowest BCUT2D eigenvalue weighted by molar-refractivity contribution is 0.546. The molecule has 1 saturated heterocycles. The fourth-order valence-electron chi connectivity index (χ4n) is 1.68. The summed E-state index contributed by atoms with van der Waals surface area (Å²) in [6.07, 6.45) is 6.46. The molecule has 1 heteroatoms. The summed E-state index contributed by atoms with van der Waals surface area (Å²) in [4.78, 5) is 0. The molecule has 0 amide bonds. The number of fused-ring (bicyclic) bond motifs is 1. The molecule has 1 heterocycles. The van der Waals surface area contributed by atoms with Gasteiger partial charge in [-0.25, -0.2) is 0 Å². The van der Waals surface area contributed by atoms with E-state index < -0.39 is 0 Å². The monoisotopic (exact) mass is 122 g/mol. The lowest BCUT2D eigenvalue weighted by atomic mass is 9.91. The van der Waals surface area contributed by atoms with Gasteiger partial charge in [0, 0.05) is 13.1 Å². The maximum atomic E-state index is 3.27. The van der Waals surface area contributed by atoms with Crippen LogP contribution in [-0.4, -0.2) is 6.54 Å². The lowest BCUT2D eigenvalue weighted by Crippen LogP contribution is -2.08. The number of hydrogen-bond acceptors (Lipinski definition) is 1. The van der Waals surface area contributed by atoms with Crippen LogP contribution >= 0.6 is 0 Å². The van der Waals surface area contributed by atoms with Crippen molar-refractivity contribution in [2.75, 3.05) is 6.54 Å². The molecule has 0 bridgehead atoms. The molecule has 0 spiro atoms. The fourth-order valence-corrected chi connectivity index (χ4v) is 1.68. The number of hydrogen-bond donors (Lipinski definition) is 1. The molecular formula is C8H12N. The van der Waals surface area contributed by atoms with Crippen molar-refractivity contribution in [1.29, 1.82) is 0 Å². The van der Waals surface area contributed by atoms with E-state index in [0.29, 0.717) is 0 Å². The van der Waals surface area contributed by atoms with Gasteiger partial charge in [0.05, 0.1) is 0 Å². The van der Waals surface area contributed by atoms with Crippen LogP contribution in [0, 0.1) is 12.5 Å². The first-order chi connectivity index (χ1) is 4.47. The van der Waals surface area contributed by atoms with Gasteiger partial charge in [0.15, 0.2) is 0 Å². The van der Waals surface area contributed by atoms with Crippen molar-refractivity contribution in [2.24, 2.45) is 5.92 Å². The topological polar surface area (TPSA) is 12.0 Å². The van der Waals surface area contributed by atoms with Crippen molar-refractivity contribution in [2.45, 2.75) is 19.3 Å². The number of nitrogens with one attached hydrogen (secondary N) is 1. The second-order valence-corrected chi connectivity index (χ2v) is 2.88.